The van der Waals surface area contributed by atoms with Gasteiger partial charge in [-0.05, 0) is 42.7 Å². The van der Waals surface area contributed by atoms with Gasteiger partial charge in [-0.25, -0.2) is 0 Å². The molecular weight excluding hydrogens is 344 g/mol. The zero-order valence-corrected chi connectivity index (χ0v) is 16.2. The molecule has 27 heavy (non-hydrogen) atoms. The number of piperazine rings is 1. The van der Waals surface area contributed by atoms with E-state index in [1.54, 1.807) is 7.11 Å². The predicted molar refractivity (Wildman–Crippen MR) is 104 cm³/mol. The highest BCUT2D eigenvalue weighted by Crippen LogP contribution is 2.23. The first-order chi connectivity index (χ1) is 13.1. The van der Waals surface area contributed by atoms with Crippen molar-refractivity contribution in [1.82, 2.24) is 9.80 Å². The summed E-state index contributed by atoms with van der Waals surface area (Å²) in [5, 5.41) is 18.7. The van der Waals surface area contributed by atoms with E-state index in [1.165, 1.54) is 5.56 Å². The van der Waals surface area contributed by atoms with Crippen LogP contribution in [-0.4, -0.2) is 59.4 Å². The first kappa shape index (κ1) is 19.9. The topological polar surface area (TPSA) is 69.3 Å². The van der Waals surface area contributed by atoms with E-state index in [1.807, 2.05) is 18.2 Å². The smallest absolute Gasteiger partial charge is 0.129 e. The Morgan fingerprint density at radius 3 is 2.59 bits per heavy atom. The molecule has 1 aromatic carbocycles. The van der Waals surface area contributed by atoms with Crippen molar-refractivity contribution < 1.29 is 19.4 Å². The normalized spacial score (nSPS) is 18.7. The highest BCUT2D eigenvalue weighted by atomic mass is 16.5. The molecule has 0 bridgehead atoms. The Balaban J connectivity index is 1.62. The van der Waals surface area contributed by atoms with Crippen molar-refractivity contribution in [3.05, 3.63) is 53.0 Å². The summed E-state index contributed by atoms with van der Waals surface area (Å²) >= 11 is 0. The van der Waals surface area contributed by atoms with Crippen molar-refractivity contribution in [3.63, 3.8) is 0 Å². The molecule has 0 aliphatic carbocycles. The third-order valence-corrected chi connectivity index (χ3v) is 5.25. The van der Waals surface area contributed by atoms with Gasteiger partial charge in [0.05, 0.1) is 13.7 Å². The van der Waals surface area contributed by atoms with Crippen LogP contribution in [0.15, 0.2) is 34.7 Å². The number of hydrogen-bond donors (Lipinski definition) is 2. The zero-order chi connectivity index (χ0) is 19.2. The second kappa shape index (κ2) is 9.37. The molecule has 2 N–H and O–H groups in total. The van der Waals surface area contributed by atoms with Crippen LogP contribution in [0.5, 0.6) is 5.75 Å². The van der Waals surface area contributed by atoms with Crippen LogP contribution in [0.1, 0.15) is 29.1 Å². The van der Waals surface area contributed by atoms with Crippen LogP contribution < -0.4 is 4.74 Å². The minimum atomic E-state index is -0.0673. The third-order valence-electron chi connectivity index (χ3n) is 5.25. The molecule has 0 unspecified atom stereocenters. The summed E-state index contributed by atoms with van der Waals surface area (Å²) in [4.78, 5) is 4.81. The summed E-state index contributed by atoms with van der Waals surface area (Å²) in [6.07, 6.45) is 0.756. The number of benzene rings is 1. The summed E-state index contributed by atoms with van der Waals surface area (Å²) in [6.45, 7) is 6.58. The molecule has 0 spiro atoms. The van der Waals surface area contributed by atoms with Gasteiger partial charge in [0.25, 0.3) is 0 Å². The van der Waals surface area contributed by atoms with Crippen molar-refractivity contribution in [1.29, 1.82) is 0 Å². The second-order valence-corrected chi connectivity index (χ2v) is 7.20. The summed E-state index contributed by atoms with van der Waals surface area (Å²) < 4.78 is 11.0. The molecule has 1 aromatic heterocycles. The Hall–Kier alpha value is -1.86. The number of aliphatic hydroxyl groups is 2. The fourth-order valence-electron chi connectivity index (χ4n) is 3.82. The van der Waals surface area contributed by atoms with E-state index in [2.05, 4.69) is 28.9 Å². The average Bonchev–Trinajstić information content (AvgIpc) is 3.12. The Morgan fingerprint density at radius 1 is 1.11 bits per heavy atom. The molecular formula is C21H30N2O4. The molecule has 3 rings (SSSR count). The number of furan rings is 1. The maximum atomic E-state index is 9.52. The van der Waals surface area contributed by atoms with Gasteiger partial charge in [0.15, 0.2) is 0 Å². The van der Waals surface area contributed by atoms with E-state index in [0.29, 0.717) is 11.8 Å². The van der Waals surface area contributed by atoms with Gasteiger partial charge in [0.1, 0.15) is 23.9 Å². The molecule has 1 aliphatic rings. The molecule has 6 heteroatoms. The van der Waals surface area contributed by atoms with E-state index in [9.17, 15) is 5.11 Å². The van der Waals surface area contributed by atoms with E-state index in [0.717, 1.165) is 56.2 Å². The van der Waals surface area contributed by atoms with Crippen molar-refractivity contribution in [3.8, 4) is 5.75 Å². The van der Waals surface area contributed by atoms with Crippen molar-refractivity contribution >= 4 is 0 Å². The number of hydrogen-bond acceptors (Lipinski definition) is 6. The number of aliphatic hydroxyl groups excluding tert-OH is 2. The maximum absolute atomic E-state index is 9.52. The van der Waals surface area contributed by atoms with E-state index < -0.39 is 0 Å². The molecule has 6 nitrogen and oxygen atoms in total. The lowest BCUT2D eigenvalue weighted by atomic mass is 10.1. The lowest BCUT2D eigenvalue weighted by molar-refractivity contribution is 0.0464. The van der Waals surface area contributed by atoms with E-state index >= 15 is 0 Å². The van der Waals surface area contributed by atoms with Crippen LogP contribution in [0.25, 0.3) is 0 Å². The van der Waals surface area contributed by atoms with Crippen LogP contribution in [0.3, 0.4) is 0 Å². The van der Waals surface area contributed by atoms with Crippen LogP contribution in [-0.2, 0) is 19.7 Å². The predicted octanol–water partition coefficient (Wildman–Crippen LogP) is 2.16. The molecule has 2 aromatic rings. The molecule has 1 saturated heterocycles. The van der Waals surface area contributed by atoms with Gasteiger partial charge in [-0.2, -0.15) is 0 Å². The first-order valence-corrected chi connectivity index (χ1v) is 9.52. The first-order valence-electron chi connectivity index (χ1n) is 9.52. The fraction of sp³-hybridized carbons (Fsp3) is 0.524. The number of rotatable bonds is 8. The van der Waals surface area contributed by atoms with Crippen LogP contribution in [0.4, 0.5) is 0 Å². The Kier molecular flexibility index (Phi) is 6.90. The molecule has 1 atom stereocenters. The Labute approximate surface area is 161 Å². The van der Waals surface area contributed by atoms with Gasteiger partial charge >= 0.3 is 0 Å². The quantitative estimate of drug-likeness (QED) is 0.738. The van der Waals surface area contributed by atoms with Gasteiger partial charge in [-0.1, -0.05) is 12.1 Å². The van der Waals surface area contributed by atoms with Gasteiger partial charge in [-0.3, -0.25) is 9.80 Å². The van der Waals surface area contributed by atoms with Gasteiger partial charge in [0.2, 0.25) is 0 Å². The lowest BCUT2D eigenvalue weighted by Crippen LogP contribution is -2.52. The fourth-order valence-corrected chi connectivity index (χ4v) is 3.82. The summed E-state index contributed by atoms with van der Waals surface area (Å²) in [7, 11) is 1.70. The average molecular weight is 374 g/mol. The lowest BCUT2D eigenvalue weighted by Gasteiger charge is -2.41. The standard InChI is InChI=1S/C21H30N2O4/c1-16-11-17(3-6-21(16)26-2)12-23-9-8-22(13-18(23)7-10-24)14-19-4-5-20(15-25)27-19/h3-6,11,18,24-25H,7-10,12-15H2,1-2H3/t18-/m0/s1. The van der Waals surface area contributed by atoms with E-state index in [-0.39, 0.29) is 13.2 Å². The molecule has 148 valence electrons. The molecule has 0 amide bonds. The molecule has 0 radical (unpaired) electrons. The van der Waals surface area contributed by atoms with Crippen molar-refractivity contribution in [2.45, 2.75) is 39.1 Å². The van der Waals surface area contributed by atoms with Crippen molar-refractivity contribution in [2.24, 2.45) is 0 Å². The van der Waals surface area contributed by atoms with Gasteiger partial charge < -0.3 is 19.4 Å². The van der Waals surface area contributed by atoms with Gasteiger partial charge in [0, 0.05) is 38.8 Å². The molecule has 2 heterocycles. The summed E-state index contributed by atoms with van der Waals surface area (Å²) in [5.41, 5.74) is 2.41. The van der Waals surface area contributed by atoms with Gasteiger partial charge in [-0.15, -0.1) is 0 Å². The maximum Gasteiger partial charge on any atom is 0.129 e. The third kappa shape index (κ3) is 5.11. The molecule has 1 aliphatic heterocycles. The minimum Gasteiger partial charge on any atom is -0.496 e. The number of aryl methyl sites for hydroxylation is 1. The Bertz CT molecular complexity index is 731. The van der Waals surface area contributed by atoms with Crippen molar-refractivity contribution in [2.75, 3.05) is 33.4 Å². The summed E-state index contributed by atoms with van der Waals surface area (Å²) in [6, 6.07) is 10.4. The minimum absolute atomic E-state index is 0.0673. The van der Waals surface area contributed by atoms with E-state index in [4.69, 9.17) is 14.3 Å². The largest absolute Gasteiger partial charge is 0.496 e. The highest BCUT2D eigenvalue weighted by Gasteiger charge is 2.27. The SMILES string of the molecule is COc1ccc(CN2CCN(Cc3ccc(CO)o3)C[C@@H]2CCO)cc1C. The summed E-state index contributed by atoms with van der Waals surface area (Å²) in [5.74, 6) is 2.39. The highest BCUT2D eigenvalue weighted by molar-refractivity contribution is 5.36. The van der Waals surface area contributed by atoms with Crippen LogP contribution >= 0.6 is 0 Å². The number of nitrogens with zero attached hydrogens (tertiary/aromatic N) is 2. The Morgan fingerprint density at radius 2 is 1.93 bits per heavy atom. The monoisotopic (exact) mass is 374 g/mol. The number of methoxy groups -OCH3 is 1. The molecule has 0 saturated carbocycles. The van der Waals surface area contributed by atoms with Crippen LogP contribution in [0, 0.1) is 6.92 Å². The number of ether oxygens (including phenoxy) is 1. The zero-order valence-electron chi connectivity index (χ0n) is 16.2. The molecule has 1 fully saturated rings. The second-order valence-electron chi connectivity index (χ2n) is 7.20. The van der Waals surface area contributed by atoms with Crippen LogP contribution in [0.2, 0.25) is 0 Å².